The van der Waals surface area contributed by atoms with Gasteiger partial charge in [-0.25, -0.2) is 9.18 Å². The van der Waals surface area contributed by atoms with E-state index in [2.05, 4.69) is 15.6 Å². The van der Waals surface area contributed by atoms with Crippen molar-refractivity contribution in [2.24, 2.45) is 0 Å². The van der Waals surface area contributed by atoms with Crippen LogP contribution < -0.4 is 15.4 Å². The average Bonchev–Trinajstić information content (AvgIpc) is 3.29. The van der Waals surface area contributed by atoms with E-state index in [4.69, 9.17) is 4.74 Å². The Kier molecular flexibility index (Phi) is 6.78. The molecule has 1 atom stereocenters. The van der Waals surface area contributed by atoms with Gasteiger partial charge in [-0.2, -0.15) is 0 Å². The third-order valence-corrected chi connectivity index (χ3v) is 6.52. The Morgan fingerprint density at radius 1 is 1.33 bits per heavy atom. The molecular weight excluding hydrogens is 427 g/mol. The van der Waals surface area contributed by atoms with E-state index in [1.807, 2.05) is 13.0 Å². The lowest BCUT2D eigenvalue weighted by Gasteiger charge is -2.37. The Labute approximate surface area is 192 Å². The number of nitrogens with one attached hydrogen (secondary N) is 2. The molecular formula is C24H29FN4O4. The zero-order chi connectivity index (χ0) is 23.4. The van der Waals surface area contributed by atoms with Gasteiger partial charge >= 0.3 is 6.09 Å². The fourth-order valence-corrected chi connectivity index (χ4v) is 4.72. The minimum Gasteiger partial charge on any atom is -0.493 e. The first kappa shape index (κ1) is 23.0. The minimum absolute atomic E-state index is 0.181. The number of pyridine rings is 1. The molecule has 33 heavy (non-hydrogen) atoms. The number of rotatable bonds is 6. The molecule has 4 rings (SSSR count). The maximum Gasteiger partial charge on any atom is 0.407 e. The second-order valence-electron chi connectivity index (χ2n) is 8.50. The number of nitrogens with zero attached hydrogens (tertiary/aromatic N) is 2. The smallest absolute Gasteiger partial charge is 0.407 e. The van der Waals surface area contributed by atoms with E-state index in [-0.39, 0.29) is 24.2 Å². The monoisotopic (exact) mass is 456 g/mol. The number of para-hydroxylation sites is 1. The van der Waals surface area contributed by atoms with Crippen LogP contribution in [0.5, 0.6) is 5.75 Å². The first-order valence-corrected chi connectivity index (χ1v) is 11.3. The second kappa shape index (κ2) is 9.74. The molecule has 3 heterocycles. The van der Waals surface area contributed by atoms with Crippen molar-refractivity contribution < 1.29 is 23.8 Å². The molecule has 0 aliphatic carbocycles. The van der Waals surface area contributed by atoms with Crippen molar-refractivity contribution >= 4 is 12.0 Å². The standard InChI is InChI=1S/C24H29FN4O4/c1-2-33-20-6-4-3-5-18(20)21-19(25)13-16(14-27-21)24(8-10-26-11-9-24)22(30)28-17-7-12-29(15-17)23(31)32/h3-6,13-14,17,26H,2,7-12,15H2,1H3,(H,28,30)(H,31,32)/t17-/m1/s1. The lowest BCUT2D eigenvalue weighted by Crippen LogP contribution is -2.53. The van der Waals surface area contributed by atoms with Gasteiger partial charge in [-0.05, 0) is 63.0 Å². The van der Waals surface area contributed by atoms with Crippen LogP contribution >= 0.6 is 0 Å². The maximum atomic E-state index is 15.4. The Bertz CT molecular complexity index is 1030. The predicted molar refractivity (Wildman–Crippen MR) is 121 cm³/mol. The van der Waals surface area contributed by atoms with E-state index in [0.717, 1.165) is 0 Å². The summed E-state index contributed by atoms with van der Waals surface area (Å²) in [5.74, 6) is -0.161. The number of halogens is 1. The number of piperidine rings is 1. The van der Waals surface area contributed by atoms with Crippen LogP contribution in [0.1, 0.15) is 31.7 Å². The number of carbonyl (C=O) groups is 2. The summed E-state index contributed by atoms with van der Waals surface area (Å²) in [5.41, 5.74) is 0.352. The maximum absolute atomic E-state index is 15.4. The van der Waals surface area contributed by atoms with Crippen molar-refractivity contribution in [1.29, 1.82) is 0 Å². The van der Waals surface area contributed by atoms with Crippen molar-refractivity contribution in [3.8, 4) is 17.0 Å². The van der Waals surface area contributed by atoms with Crippen LogP contribution in [0, 0.1) is 5.82 Å². The van der Waals surface area contributed by atoms with E-state index in [9.17, 15) is 14.7 Å². The Balaban J connectivity index is 1.62. The van der Waals surface area contributed by atoms with E-state index >= 15 is 4.39 Å². The molecule has 0 saturated carbocycles. The van der Waals surface area contributed by atoms with Gasteiger partial charge in [0.05, 0.1) is 12.0 Å². The van der Waals surface area contributed by atoms with Gasteiger partial charge in [-0.15, -0.1) is 0 Å². The summed E-state index contributed by atoms with van der Waals surface area (Å²) in [6, 6.07) is 8.32. The molecule has 8 nitrogen and oxygen atoms in total. The number of carbonyl (C=O) groups excluding carboxylic acids is 1. The summed E-state index contributed by atoms with van der Waals surface area (Å²) in [6.07, 6.45) is 2.17. The number of amides is 2. The molecule has 9 heteroatoms. The number of hydrogen-bond acceptors (Lipinski definition) is 5. The molecule has 1 aromatic carbocycles. The van der Waals surface area contributed by atoms with Crippen molar-refractivity contribution in [1.82, 2.24) is 20.5 Å². The fraction of sp³-hybridized carbons (Fsp3) is 0.458. The molecule has 2 aliphatic rings. The highest BCUT2D eigenvalue weighted by atomic mass is 19.1. The first-order chi connectivity index (χ1) is 15.9. The molecule has 0 radical (unpaired) electrons. The zero-order valence-electron chi connectivity index (χ0n) is 18.6. The van der Waals surface area contributed by atoms with E-state index < -0.39 is 17.3 Å². The molecule has 2 aromatic rings. The highest BCUT2D eigenvalue weighted by molar-refractivity contribution is 5.89. The third kappa shape index (κ3) is 4.64. The average molecular weight is 457 g/mol. The van der Waals surface area contributed by atoms with Crippen LogP contribution in [-0.2, 0) is 10.2 Å². The predicted octanol–water partition coefficient (Wildman–Crippen LogP) is 2.78. The van der Waals surface area contributed by atoms with Crippen molar-refractivity contribution in [3.63, 3.8) is 0 Å². The first-order valence-electron chi connectivity index (χ1n) is 11.3. The summed E-state index contributed by atoms with van der Waals surface area (Å²) in [4.78, 5) is 30.4. The van der Waals surface area contributed by atoms with Gasteiger partial charge in [-0.1, -0.05) is 12.1 Å². The molecule has 2 amide bonds. The van der Waals surface area contributed by atoms with E-state index in [1.165, 1.54) is 11.0 Å². The van der Waals surface area contributed by atoms with Crippen molar-refractivity contribution in [2.75, 3.05) is 32.8 Å². The molecule has 0 spiro atoms. The van der Waals surface area contributed by atoms with Gasteiger partial charge in [0.1, 0.15) is 17.3 Å². The van der Waals surface area contributed by atoms with Gasteiger partial charge in [0, 0.05) is 30.9 Å². The molecule has 0 bridgehead atoms. The molecule has 2 saturated heterocycles. The normalized spacial score (nSPS) is 19.8. The van der Waals surface area contributed by atoms with Crippen molar-refractivity contribution in [2.45, 2.75) is 37.6 Å². The summed E-state index contributed by atoms with van der Waals surface area (Å²) in [6.45, 7) is 4.20. The Morgan fingerprint density at radius 2 is 2.09 bits per heavy atom. The minimum atomic E-state index is -0.988. The van der Waals surface area contributed by atoms with Crippen LogP contribution in [0.4, 0.5) is 9.18 Å². The number of ether oxygens (including phenoxy) is 1. The van der Waals surface area contributed by atoms with E-state index in [0.29, 0.717) is 62.4 Å². The summed E-state index contributed by atoms with van der Waals surface area (Å²) < 4.78 is 21.0. The highest BCUT2D eigenvalue weighted by Gasteiger charge is 2.43. The topological polar surface area (TPSA) is 104 Å². The van der Waals surface area contributed by atoms with Gasteiger partial charge in [0.25, 0.3) is 0 Å². The molecule has 2 aliphatic heterocycles. The summed E-state index contributed by atoms with van der Waals surface area (Å²) in [7, 11) is 0. The number of carboxylic acid groups (broad SMARTS) is 1. The van der Waals surface area contributed by atoms with Crippen LogP contribution in [0.25, 0.3) is 11.3 Å². The lowest BCUT2D eigenvalue weighted by atomic mass is 9.72. The summed E-state index contributed by atoms with van der Waals surface area (Å²) in [5, 5.41) is 15.5. The van der Waals surface area contributed by atoms with Crippen LogP contribution in [0.2, 0.25) is 0 Å². The number of benzene rings is 1. The quantitative estimate of drug-likeness (QED) is 0.618. The van der Waals surface area contributed by atoms with Gasteiger partial charge in [0.2, 0.25) is 5.91 Å². The zero-order valence-corrected chi connectivity index (χ0v) is 18.6. The molecule has 0 unspecified atom stereocenters. The number of hydrogen-bond donors (Lipinski definition) is 3. The van der Waals surface area contributed by atoms with Crippen LogP contribution in [-0.4, -0.2) is 65.8 Å². The Hall–Kier alpha value is -3.20. The van der Waals surface area contributed by atoms with Crippen LogP contribution in [0.3, 0.4) is 0 Å². The molecule has 176 valence electrons. The van der Waals surface area contributed by atoms with Gasteiger partial charge in [0.15, 0.2) is 0 Å². The van der Waals surface area contributed by atoms with Crippen LogP contribution in [0.15, 0.2) is 36.5 Å². The molecule has 3 N–H and O–H groups in total. The third-order valence-electron chi connectivity index (χ3n) is 6.52. The summed E-state index contributed by atoms with van der Waals surface area (Å²) >= 11 is 0. The SMILES string of the molecule is CCOc1ccccc1-c1ncc(C2(C(=O)N[C@@H]3CCN(C(=O)O)C3)CCNCC2)cc1F. The lowest BCUT2D eigenvalue weighted by molar-refractivity contribution is -0.128. The number of likely N-dealkylation sites (tertiary alicyclic amines) is 1. The highest BCUT2D eigenvalue weighted by Crippen LogP contribution is 2.37. The number of aromatic nitrogens is 1. The molecule has 2 fully saturated rings. The van der Waals surface area contributed by atoms with Gasteiger partial charge in [-0.3, -0.25) is 9.78 Å². The molecule has 1 aromatic heterocycles. The largest absolute Gasteiger partial charge is 0.493 e. The second-order valence-corrected chi connectivity index (χ2v) is 8.50. The Morgan fingerprint density at radius 3 is 2.76 bits per heavy atom. The van der Waals surface area contributed by atoms with Crippen molar-refractivity contribution in [3.05, 3.63) is 47.9 Å². The fourth-order valence-electron chi connectivity index (χ4n) is 4.72. The van der Waals surface area contributed by atoms with E-state index in [1.54, 1.807) is 24.4 Å². The van der Waals surface area contributed by atoms with Gasteiger partial charge < -0.3 is 25.4 Å².